The van der Waals surface area contributed by atoms with Crippen LogP contribution in [0.3, 0.4) is 0 Å². The predicted molar refractivity (Wildman–Crippen MR) is 71.3 cm³/mol. The summed E-state index contributed by atoms with van der Waals surface area (Å²) in [6.07, 6.45) is 9.51. The Labute approximate surface area is 106 Å². The topological polar surface area (TPSA) is 24.5 Å². The Bertz CT molecular complexity index is 198. The van der Waals surface area contributed by atoms with E-state index >= 15 is 0 Å². The number of hydrogen-bond donors (Lipinski definition) is 1. The molecular weight excluding hydrogens is 212 g/mol. The summed E-state index contributed by atoms with van der Waals surface area (Å²) in [6, 6.07) is 1.55. The van der Waals surface area contributed by atoms with Crippen molar-refractivity contribution < 1.29 is 4.74 Å². The predicted octanol–water partition coefficient (Wildman–Crippen LogP) is 2.02. The first-order valence-corrected chi connectivity index (χ1v) is 7.37. The number of nitrogens with one attached hydrogen (secondary N) is 1. The Hall–Kier alpha value is -0.120. The largest absolute Gasteiger partial charge is 0.381 e. The summed E-state index contributed by atoms with van der Waals surface area (Å²) in [7, 11) is 2.29. The van der Waals surface area contributed by atoms with E-state index < -0.39 is 0 Å². The summed E-state index contributed by atoms with van der Waals surface area (Å²) in [5, 5.41) is 3.67. The van der Waals surface area contributed by atoms with Crippen LogP contribution in [0.5, 0.6) is 0 Å². The van der Waals surface area contributed by atoms with Gasteiger partial charge in [-0.25, -0.2) is 0 Å². The Morgan fingerprint density at radius 3 is 2.47 bits per heavy atom. The number of rotatable bonds is 5. The van der Waals surface area contributed by atoms with E-state index in [0.717, 1.165) is 25.8 Å². The number of likely N-dealkylation sites (N-methyl/N-ethyl adjacent to an activating group) is 1. The van der Waals surface area contributed by atoms with Gasteiger partial charge in [-0.15, -0.1) is 0 Å². The van der Waals surface area contributed by atoms with Crippen LogP contribution in [0.2, 0.25) is 0 Å². The minimum Gasteiger partial charge on any atom is -0.381 e. The van der Waals surface area contributed by atoms with E-state index in [-0.39, 0.29) is 0 Å². The summed E-state index contributed by atoms with van der Waals surface area (Å²) in [5.74, 6) is 0. The second-order valence-electron chi connectivity index (χ2n) is 5.61. The van der Waals surface area contributed by atoms with E-state index in [0.29, 0.717) is 6.04 Å². The SMILES string of the molecule is CN(CCNC1CCOCC1)C1CCCCC1. The average Bonchev–Trinajstić information content (AvgIpc) is 2.41. The molecule has 0 atom stereocenters. The normalized spacial score (nSPS) is 24.4. The first kappa shape index (κ1) is 13.3. The lowest BCUT2D eigenvalue weighted by Crippen LogP contribution is -2.42. The van der Waals surface area contributed by atoms with Gasteiger partial charge in [0.15, 0.2) is 0 Å². The lowest BCUT2D eigenvalue weighted by Gasteiger charge is -2.32. The van der Waals surface area contributed by atoms with Crippen molar-refractivity contribution >= 4 is 0 Å². The molecule has 17 heavy (non-hydrogen) atoms. The molecular formula is C14H28N2O. The van der Waals surface area contributed by atoms with Gasteiger partial charge in [-0.05, 0) is 32.7 Å². The van der Waals surface area contributed by atoms with Crippen LogP contribution in [-0.2, 0) is 4.74 Å². The van der Waals surface area contributed by atoms with Crippen molar-refractivity contribution in [1.29, 1.82) is 0 Å². The summed E-state index contributed by atoms with van der Waals surface area (Å²) in [4.78, 5) is 2.56. The van der Waals surface area contributed by atoms with Gasteiger partial charge in [0.2, 0.25) is 0 Å². The highest BCUT2D eigenvalue weighted by Crippen LogP contribution is 2.21. The smallest absolute Gasteiger partial charge is 0.0480 e. The standard InChI is InChI=1S/C14H28N2O/c1-16(14-5-3-2-4-6-14)10-9-15-13-7-11-17-12-8-13/h13-15H,2-12H2,1H3. The van der Waals surface area contributed by atoms with Crippen LogP contribution < -0.4 is 5.32 Å². The molecule has 0 aromatic heterocycles. The van der Waals surface area contributed by atoms with Gasteiger partial charge in [0.1, 0.15) is 0 Å². The third kappa shape index (κ3) is 4.57. The van der Waals surface area contributed by atoms with Gasteiger partial charge in [-0.3, -0.25) is 0 Å². The summed E-state index contributed by atoms with van der Waals surface area (Å²) in [6.45, 7) is 4.21. The second-order valence-corrected chi connectivity index (χ2v) is 5.61. The molecule has 1 saturated heterocycles. The van der Waals surface area contributed by atoms with Crippen LogP contribution in [0.1, 0.15) is 44.9 Å². The van der Waals surface area contributed by atoms with Crippen LogP contribution >= 0.6 is 0 Å². The molecule has 2 fully saturated rings. The van der Waals surface area contributed by atoms with Crippen LogP contribution in [0, 0.1) is 0 Å². The van der Waals surface area contributed by atoms with Gasteiger partial charge in [-0.2, -0.15) is 0 Å². The van der Waals surface area contributed by atoms with Gasteiger partial charge in [-0.1, -0.05) is 19.3 Å². The first-order chi connectivity index (χ1) is 8.36. The van der Waals surface area contributed by atoms with Crippen LogP contribution in [-0.4, -0.2) is 50.3 Å². The molecule has 1 N–H and O–H groups in total. The van der Waals surface area contributed by atoms with Crippen LogP contribution in [0.4, 0.5) is 0 Å². The van der Waals surface area contributed by atoms with Gasteiger partial charge in [0.05, 0.1) is 0 Å². The number of hydrogen-bond acceptors (Lipinski definition) is 3. The van der Waals surface area contributed by atoms with Gasteiger partial charge >= 0.3 is 0 Å². The molecule has 0 unspecified atom stereocenters. The minimum atomic E-state index is 0.698. The molecule has 2 aliphatic rings. The molecule has 0 aromatic rings. The van der Waals surface area contributed by atoms with Crippen molar-refractivity contribution in [3.63, 3.8) is 0 Å². The molecule has 2 rings (SSSR count). The minimum absolute atomic E-state index is 0.698. The second kappa shape index (κ2) is 7.34. The Balaban J connectivity index is 1.57. The molecule has 3 heteroatoms. The van der Waals surface area contributed by atoms with Gasteiger partial charge < -0.3 is 15.0 Å². The molecule has 1 aliphatic heterocycles. The highest BCUT2D eigenvalue weighted by atomic mass is 16.5. The maximum Gasteiger partial charge on any atom is 0.0480 e. The van der Waals surface area contributed by atoms with E-state index in [2.05, 4.69) is 17.3 Å². The Morgan fingerprint density at radius 2 is 1.76 bits per heavy atom. The van der Waals surface area contributed by atoms with Crippen LogP contribution in [0.25, 0.3) is 0 Å². The van der Waals surface area contributed by atoms with Crippen molar-refractivity contribution in [3.05, 3.63) is 0 Å². The lowest BCUT2D eigenvalue weighted by molar-refractivity contribution is 0.0767. The first-order valence-electron chi connectivity index (χ1n) is 7.37. The molecule has 0 aromatic carbocycles. The van der Waals surface area contributed by atoms with Crippen molar-refractivity contribution in [2.45, 2.75) is 57.0 Å². The van der Waals surface area contributed by atoms with E-state index in [1.807, 2.05) is 0 Å². The molecule has 0 spiro atoms. The molecule has 3 nitrogen and oxygen atoms in total. The zero-order chi connectivity index (χ0) is 11.9. The fourth-order valence-electron chi connectivity index (χ4n) is 3.05. The summed E-state index contributed by atoms with van der Waals surface area (Å²) in [5.41, 5.74) is 0. The molecule has 100 valence electrons. The average molecular weight is 240 g/mol. The highest BCUT2D eigenvalue weighted by molar-refractivity contribution is 4.75. The fourth-order valence-corrected chi connectivity index (χ4v) is 3.05. The highest BCUT2D eigenvalue weighted by Gasteiger charge is 2.18. The molecule has 0 bridgehead atoms. The van der Waals surface area contributed by atoms with Gasteiger partial charge in [0, 0.05) is 38.4 Å². The quantitative estimate of drug-likeness (QED) is 0.795. The molecule has 0 amide bonds. The molecule has 1 aliphatic carbocycles. The van der Waals surface area contributed by atoms with Crippen molar-refractivity contribution in [1.82, 2.24) is 10.2 Å². The van der Waals surface area contributed by atoms with Crippen molar-refractivity contribution in [2.24, 2.45) is 0 Å². The monoisotopic (exact) mass is 240 g/mol. The van der Waals surface area contributed by atoms with E-state index in [1.54, 1.807) is 0 Å². The van der Waals surface area contributed by atoms with Gasteiger partial charge in [0.25, 0.3) is 0 Å². The zero-order valence-electron chi connectivity index (χ0n) is 11.3. The zero-order valence-corrected chi connectivity index (χ0v) is 11.3. The number of nitrogens with zero attached hydrogens (tertiary/aromatic N) is 1. The third-order valence-electron chi connectivity index (χ3n) is 4.32. The van der Waals surface area contributed by atoms with Crippen molar-refractivity contribution in [3.8, 4) is 0 Å². The Morgan fingerprint density at radius 1 is 1.06 bits per heavy atom. The summed E-state index contributed by atoms with van der Waals surface area (Å²) < 4.78 is 5.37. The molecule has 0 radical (unpaired) electrons. The fraction of sp³-hybridized carbons (Fsp3) is 1.00. The van der Waals surface area contributed by atoms with Crippen molar-refractivity contribution in [2.75, 3.05) is 33.4 Å². The van der Waals surface area contributed by atoms with E-state index in [1.165, 1.54) is 51.5 Å². The van der Waals surface area contributed by atoms with E-state index in [4.69, 9.17) is 4.74 Å². The molecule has 1 saturated carbocycles. The maximum absolute atomic E-state index is 5.37. The van der Waals surface area contributed by atoms with Crippen LogP contribution in [0.15, 0.2) is 0 Å². The molecule has 1 heterocycles. The van der Waals surface area contributed by atoms with E-state index in [9.17, 15) is 0 Å². The maximum atomic E-state index is 5.37. The lowest BCUT2D eigenvalue weighted by atomic mass is 9.94. The third-order valence-corrected chi connectivity index (χ3v) is 4.32. The summed E-state index contributed by atoms with van der Waals surface area (Å²) >= 11 is 0. The number of ether oxygens (including phenoxy) is 1. The Kier molecular flexibility index (Phi) is 5.75.